The van der Waals surface area contributed by atoms with Crippen molar-refractivity contribution in [3.63, 3.8) is 0 Å². The Hall–Kier alpha value is -2.20. The Morgan fingerprint density at radius 1 is 1.29 bits per heavy atom. The third kappa shape index (κ3) is 3.11. The topological polar surface area (TPSA) is 72.3 Å². The third-order valence-corrected chi connectivity index (χ3v) is 3.54. The van der Waals surface area contributed by atoms with Gasteiger partial charge in [-0.1, -0.05) is 23.7 Å². The van der Waals surface area contributed by atoms with Crippen LogP contribution in [0.4, 0.5) is 17.1 Å². The molecule has 0 unspecified atom stereocenters. The SMILES string of the molecule is CCN(c1cccc(C)c1)c1c(Cl)cc(N)cc1C(N)=O. The van der Waals surface area contributed by atoms with Crippen molar-refractivity contribution in [1.82, 2.24) is 0 Å². The number of primary amides is 1. The van der Waals surface area contributed by atoms with Crippen LogP contribution in [0.1, 0.15) is 22.8 Å². The van der Waals surface area contributed by atoms with Gasteiger partial charge in [0.1, 0.15) is 0 Å². The van der Waals surface area contributed by atoms with E-state index in [1.807, 2.05) is 43.0 Å². The number of carbonyl (C=O) groups excluding carboxylic acids is 1. The van der Waals surface area contributed by atoms with Crippen molar-refractivity contribution in [2.24, 2.45) is 5.73 Å². The van der Waals surface area contributed by atoms with Gasteiger partial charge >= 0.3 is 0 Å². The molecule has 2 aromatic carbocycles. The number of rotatable bonds is 4. The van der Waals surface area contributed by atoms with Crippen LogP contribution in [0.15, 0.2) is 36.4 Å². The predicted molar refractivity (Wildman–Crippen MR) is 88.2 cm³/mol. The van der Waals surface area contributed by atoms with E-state index in [4.69, 9.17) is 23.1 Å². The van der Waals surface area contributed by atoms with Gasteiger partial charge < -0.3 is 16.4 Å². The molecule has 1 amide bonds. The summed E-state index contributed by atoms with van der Waals surface area (Å²) < 4.78 is 0. The molecule has 0 saturated carbocycles. The summed E-state index contributed by atoms with van der Waals surface area (Å²) in [7, 11) is 0. The van der Waals surface area contributed by atoms with Crippen LogP contribution in [0, 0.1) is 6.92 Å². The molecule has 0 radical (unpaired) electrons. The standard InChI is InChI=1S/C16H18ClN3O/c1-3-20(12-6-4-5-10(2)7-12)15-13(16(19)21)8-11(18)9-14(15)17/h4-9H,3,18H2,1-2H3,(H2,19,21). The summed E-state index contributed by atoms with van der Waals surface area (Å²) >= 11 is 6.31. The highest BCUT2D eigenvalue weighted by molar-refractivity contribution is 6.34. The molecule has 0 aliphatic heterocycles. The molecule has 0 aliphatic carbocycles. The van der Waals surface area contributed by atoms with Crippen LogP contribution in [-0.2, 0) is 0 Å². The first-order valence-corrected chi connectivity index (χ1v) is 7.05. The maximum absolute atomic E-state index is 11.7. The summed E-state index contributed by atoms with van der Waals surface area (Å²) in [5.41, 5.74) is 14.6. The normalized spacial score (nSPS) is 10.4. The van der Waals surface area contributed by atoms with Crippen molar-refractivity contribution in [2.45, 2.75) is 13.8 Å². The second-order valence-corrected chi connectivity index (χ2v) is 5.25. The molecule has 4 N–H and O–H groups in total. The van der Waals surface area contributed by atoms with Gasteiger partial charge in [-0.15, -0.1) is 0 Å². The van der Waals surface area contributed by atoms with E-state index in [1.165, 1.54) is 0 Å². The van der Waals surface area contributed by atoms with E-state index in [2.05, 4.69) is 0 Å². The third-order valence-electron chi connectivity index (χ3n) is 3.25. The molecule has 0 heterocycles. The minimum Gasteiger partial charge on any atom is -0.399 e. The van der Waals surface area contributed by atoms with Crippen molar-refractivity contribution in [3.05, 3.63) is 52.5 Å². The van der Waals surface area contributed by atoms with E-state index in [1.54, 1.807) is 12.1 Å². The molecular weight excluding hydrogens is 286 g/mol. The molecule has 4 nitrogen and oxygen atoms in total. The first-order chi connectivity index (χ1) is 9.93. The van der Waals surface area contributed by atoms with E-state index in [0.29, 0.717) is 28.5 Å². The Morgan fingerprint density at radius 3 is 2.57 bits per heavy atom. The maximum atomic E-state index is 11.7. The highest BCUT2D eigenvalue weighted by Crippen LogP contribution is 2.36. The number of nitrogen functional groups attached to an aromatic ring is 1. The van der Waals surface area contributed by atoms with Crippen LogP contribution >= 0.6 is 11.6 Å². The van der Waals surface area contributed by atoms with Crippen LogP contribution in [-0.4, -0.2) is 12.5 Å². The number of nitrogens with two attached hydrogens (primary N) is 2. The minimum absolute atomic E-state index is 0.323. The Bertz CT molecular complexity index is 685. The van der Waals surface area contributed by atoms with Crippen molar-refractivity contribution in [1.29, 1.82) is 0 Å². The summed E-state index contributed by atoms with van der Waals surface area (Å²) in [5.74, 6) is -0.551. The molecule has 0 aromatic heterocycles. The smallest absolute Gasteiger partial charge is 0.250 e. The Labute approximate surface area is 129 Å². The molecule has 2 aromatic rings. The van der Waals surface area contributed by atoms with Crippen LogP contribution in [0.5, 0.6) is 0 Å². The first kappa shape index (κ1) is 15.2. The Balaban J connectivity index is 2.65. The van der Waals surface area contributed by atoms with Gasteiger partial charge in [0.25, 0.3) is 5.91 Å². The van der Waals surface area contributed by atoms with Crippen molar-refractivity contribution >= 4 is 34.6 Å². The Morgan fingerprint density at radius 2 is 2.00 bits per heavy atom. The average molecular weight is 304 g/mol. The number of carbonyl (C=O) groups is 1. The number of anilines is 3. The van der Waals surface area contributed by atoms with Crippen molar-refractivity contribution < 1.29 is 4.79 Å². The lowest BCUT2D eigenvalue weighted by Crippen LogP contribution is -2.22. The van der Waals surface area contributed by atoms with Gasteiger partial charge in [-0.3, -0.25) is 4.79 Å². The zero-order chi connectivity index (χ0) is 15.6. The Kier molecular flexibility index (Phi) is 4.38. The van der Waals surface area contributed by atoms with Gasteiger partial charge in [-0.05, 0) is 43.7 Å². The molecule has 0 fully saturated rings. The summed E-state index contributed by atoms with van der Waals surface area (Å²) in [5, 5.41) is 0.409. The largest absolute Gasteiger partial charge is 0.399 e. The highest BCUT2D eigenvalue weighted by atomic mass is 35.5. The average Bonchev–Trinajstić information content (AvgIpc) is 2.41. The monoisotopic (exact) mass is 303 g/mol. The number of aryl methyl sites for hydroxylation is 1. The van der Waals surface area contributed by atoms with Crippen LogP contribution < -0.4 is 16.4 Å². The second kappa shape index (κ2) is 6.06. The first-order valence-electron chi connectivity index (χ1n) is 6.67. The van der Waals surface area contributed by atoms with Crippen molar-refractivity contribution in [2.75, 3.05) is 17.2 Å². The van der Waals surface area contributed by atoms with E-state index >= 15 is 0 Å². The van der Waals surface area contributed by atoms with E-state index in [-0.39, 0.29) is 0 Å². The zero-order valence-electron chi connectivity index (χ0n) is 12.1. The van der Waals surface area contributed by atoms with Gasteiger partial charge in [-0.25, -0.2) is 0 Å². The molecule has 5 heteroatoms. The van der Waals surface area contributed by atoms with Gasteiger partial charge in [0.15, 0.2) is 0 Å². The number of hydrogen-bond acceptors (Lipinski definition) is 3. The van der Waals surface area contributed by atoms with Crippen LogP contribution in [0.25, 0.3) is 0 Å². The van der Waals surface area contributed by atoms with E-state index < -0.39 is 5.91 Å². The molecule has 110 valence electrons. The predicted octanol–water partition coefficient (Wildman–Crippen LogP) is 3.49. The lowest BCUT2D eigenvalue weighted by Gasteiger charge is -2.27. The van der Waals surface area contributed by atoms with Crippen LogP contribution in [0.2, 0.25) is 5.02 Å². The fourth-order valence-electron chi connectivity index (χ4n) is 2.35. The number of hydrogen-bond donors (Lipinski definition) is 2. The number of amides is 1. The maximum Gasteiger partial charge on any atom is 0.250 e. The second-order valence-electron chi connectivity index (χ2n) is 4.85. The zero-order valence-corrected chi connectivity index (χ0v) is 12.8. The molecular formula is C16H18ClN3O. The fraction of sp³-hybridized carbons (Fsp3) is 0.188. The summed E-state index contributed by atoms with van der Waals surface area (Å²) in [4.78, 5) is 13.7. The lowest BCUT2D eigenvalue weighted by molar-refractivity contribution is 0.100. The molecule has 21 heavy (non-hydrogen) atoms. The van der Waals surface area contributed by atoms with Gasteiger partial charge in [0, 0.05) is 17.9 Å². The fourth-order valence-corrected chi connectivity index (χ4v) is 2.68. The molecule has 0 atom stereocenters. The quantitative estimate of drug-likeness (QED) is 0.849. The minimum atomic E-state index is -0.551. The van der Waals surface area contributed by atoms with Gasteiger partial charge in [0.2, 0.25) is 0 Å². The van der Waals surface area contributed by atoms with E-state index in [0.717, 1.165) is 11.3 Å². The van der Waals surface area contributed by atoms with Crippen LogP contribution in [0.3, 0.4) is 0 Å². The van der Waals surface area contributed by atoms with Crippen molar-refractivity contribution in [3.8, 4) is 0 Å². The molecule has 0 bridgehead atoms. The molecule has 0 saturated heterocycles. The van der Waals surface area contributed by atoms with Gasteiger partial charge in [0.05, 0.1) is 16.3 Å². The number of halogens is 1. The summed E-state index contributed by atoms with van der Waals surface area (Å²) in [6.07, 6.45) is 0. The molecule has 0 aliphatic rings. The number of nitrogens with zero attached hydrogens (tertiary/aromatic N) is 1. The van der Waals surface area contributed by atoms with E-state index in [9.17, 15) is 4.79 Å². The summed E-state index contributed by atoms with van der Waals surface area (Å²) in [6, 6.07) is 11.2. The highest BCUT2D eigenvalue weighted by Gasteiger charge is 2.19. The number of benzene rings is 2. The molecule has 2 rings (SSSR count). The lowest BCUT2D eigenvalue weighted by atomic mass is 10.1. The van der Waals surface area contributed by atoms with Gasteiger partial charge in [-0.2, -0.15) is 0 Å². The molecule has 0 spiro atoms. The summed E-state index contributed by atoms with van der Waals surface area (Å²) in [6.45, 7) is 4.64.